The number of carbonyl (C=O) groups is 1. The average molecular weight is 508 g/mol. The number of carbonyl (C=O) groups excluding carboxylic acids is 1. The minimum Gasteiger partial charge on any atom is -0.365 e. The standard InChI is InChI=1S/C24H18ClN5O2S2/c25-21-6-5-17(34-21)14-27-22-13-19(28-30(22)24(32)20-4-2-12-33-20)18-3-1-11-29(23(18)31)15-16-7-9-26-10-8-16/h1-13,27H,14-15H2. The lowest BCUT2D eigenvalue weighted by molar-refractivity contribution is 0.0952. The topological polar surface area (TPSA) is 81.8 Å². The zero-order valence-electron chi connectivity index (χ0n) is 17.7. The molecular formula is C24H18ClN5O2S2. The van der Waals surface area contributed by atoms with Gasteiger partial charge in [0.1, 0.15) is 11.5 Å². The predicted octanol–water partition coefficient (Wildman–Crippen LogP) is 5.23. The van der Waals surface area contributed by atoms with Crippen molar-refractivity contribution in [2.75, 3.05) is 5.32 Å². The van der Waals surface area contributed by atoms with Gasteiger partial charge in [0.2, 0.25) is 0 Å². The Bertz CT molecular complexity index is 1490. The number of hydrogen-bond acceptors (Lipinski definition) is 7. The van der Waals surface area contributed by atoms with Gasteiger partial charge in [-0.15, -0.1) is 22.7 Å². The van der Waals surface area contributed by atoms with Crippen molar-refractivity contribution in [3.63, 3.8) is 0 Å². The first-order chi connectivity index (χ1) is 16.6. The van der Waals surface area contributed by atoms with Gasteiger partial charge in [0.15, 0.2) is 0 Å². The largest absolute Gasteiger partial charge is 0.365 e. The van der Waals surface area contributed by atoms with Gasteiger partial charge in [-0.1, -0.05) is 17.7 Å². The van der Waals surface area contributed by atoms with E-state index in [-0.39, 0.29) is 11.5 Å². The quantitative estimate of drug-likeness (QED) is 0.326. The maximum Gasteiger partial charge on any atom is 0.290 e. The van der Waals surface area contributed by atoms with Crippen molar-refractivity contribution in [2.24, 2.45) is 0 Å². The van der Waals surface area contributed by atoms with Crippen LogP contribution in [0, 0.1) is 0 Å². The number of anilines is 1. The van der Waals surface area contributed by atoms with Crippen molar-refractivity contribution in [3.05, 3.63) is 109 Å². The van der Waals surface area contributed by atoms with Gasteiger partial charge in [-0.2, -0.15) is 9.78 Å². The molecule has 0 aliphatic heterocycles. The highest BCUT2D eigenvalue weighted by atomic mass is 35.5. The van der Waals surface area contributed by atoms with E-state index in [9.17, 15) is 9.59 Å². The molecule has 1 N–H and O–H groups in total. The SMILES string of the molecule is O=C(c1cccs1)n1nc(-c2cccn(Cc3ccncc3)c2=O)cc1NCc1ccc(Cl)s1. The minimum absolute atomic E-state index is 0.191. The summed E-state index contributed by atoms with van der Waals surface area (Å²) in [6, 6.07) is 16.3. The Kier molecular flexibility index (Phi) is 6.39. The smallest absolute Gasteiger partial charge is 0.290 e. The van der Waals surface area contributed by atoms with Gasteiger partial charge in [0, 0.05) is 29.5 Å². The summed E-state index contributed by atoms with van der Waals surface area (Å²) in [6.07, 6.45) is 5.13. The molecule has 0 aromatic carbocycles. The molecule has 5 rings (SSSR count). The third kappa shape index (κ3) is 4.72. The lowest BCUT2D eigenvalue weighted by Gasteiger charge is -2.07. The van der Waals surface area contributed by atoms with Crippen molar-refractivity contribution in [2.45, 2.75) is 13.1 Å². The predicted molar refractivity (Wildman–Crippen MR) is 136 cm³/mol. The third-order valence-corrected chi connectivity index (χ3v) is 7.19. The molecule has 5 aromatic heterocycles. The summed E-state index contributed by atoms with van der Waals surface area (Å²) >= 11 is 8.85. The summed E-state index contributed by atoms with van der Waals surface area (Å²) in [7, 11) is 0. The molecule has 0 saturated carbocycles. The average Bonchev–Trinajstić information content (AvgIpc) is 3.61. The van der Waals surface area contributed by atoms with Crippen molar-refractivity contribution >= 4 is 46.0 Å². The highest BCUT2D eigenvalue weighted by molar-refractivity contribution is 7.16. The van der Waals surface area contributed by atoms with E-state index < -0.39 is 0 Å². The van der Waals surface area contributed by atoms with Crippen LogP contribution in [0.2, 0.25) is 4.34 Å². The molecular weight excluding hydrogens is 490 g/mol. The Morgan fingerprint density at radius 2 is 1.94 bits per heavy atom. The highest BCUT2D eigenvalue weighted by Gasteiger charge is 2.20. The van der Waals surface area contributed by atoms with Crippen LogP contribution in [0.1, 0.15) is 20.1 Å². The summed E-state index contributed by atoms with van der Waals surface area (Å²) in [6.45, 7) is 0.885. The summed E-state index contributed by atoms with van der Waals surface area (Å²) < 4.78 is 3.63. The van der Waals surface area contributed by atoms with Crippen LogP contribution in [-0.4, -0.2) is 25.2 Å². The fourth-order valence-corrected chi connectivity index (χ4v) is 5.14. The Hall–Kier alpha value is -3.53. The Morgan fingerprint density at radius 1 is 1.09 bits per heavy atom. The van der Waals surface area contributed by atoms with E-state index in [2.05, 4.69) is 15.4 Å². The van der Waals surface area contributed by atoms with Crippen LogP contribution in [0.25, 0.3) is 11.3 Å². The Morgan fingerprint density at radius 3 is 2.68 bits per heavy atom. The van der Waals surface area contributed by atoms with E-state index in [4.69, 9.17) is 11.6 Å². The third-order valence-electron chi connectivity index (χ3n) is 5.10. The lowest BCUT2D eigenvalue weighted by Crippen LogP contribution is -2.21. The van der Waals surface area contributed by atoms with Gasteiger partial charge in [-0.25, -0.2) is 0 Å². The maximum absolute atomic E-state index is 13.3. The lowest BCUT2D eigenvalue weighted by atomic mass is 10.2. The van der Waals surface area contributed by atoms with Crippen LogP contribution in [0.3, 0.4) is 0 Å². The van der Waals surface area contributed by atoms with Crippen LogP contribution in [0.5, 0.6) is 0 Å². The Balaban J connectivity index is 1.51. The Labute approximate surface area is 207 Å². The van der Waals surface area contributed by atoms with Gasteiger partial charge in [-0.3, -0.25) is 14.6 Å². The zero-order valence-corrected chi connectivity index (χ0v) is 20.1. The second kappa shape index (κ2) is 9.76. The number of aromatic nitrogens is 4. The van der Waals surface area contributed by atoms with Gasteiger partial charge in [0.05, 0.1) is 27.9 Å². The van der Waals surface area contributed by atoms with E-state index in [1.165, 1.54) is 27.4 Å². The molecule has 0 radical (unpaired) electrons. The number of hydrogen-bond donors (Lipinski definition) is 1. The number of halogens is 1. The molecule has 0 spiro atoms. The number of nitrogens with one attached hydrogen (secondary N) is 1. The summed E-state index contributed by atoms with van der Waals surface area (Å²) in [5.41, 5.74) is 1.61. The van der Waals surface area contributed by atoms with Crippen LogP contribution in [0.4, 0.5) is 5.82 Å². The molecule has 0 fully saturated rings. The van der Waals surface area contributed by atoms with Gasteiger partial charge < -0.3 is 9.88 Å². The fourth-order valence-electron chi connectivity index (χ4n) is 3.46. The molecule has 10 heteroatoms. The molecule has 0 saturated heterocycles. The van der Waals surface area contributed by atoms with Crippen LogP contribution in [-0.2, 0) is 13.1 Å². The maximum atomic E-state index is 13.3. The van der Waals surface area contributed by atoms with Crippen LogP contribution >= 0.6 is 34.3 Å². The molecule has 0 aliphatic carbocycles. The first-order valence-electron chi connectivity index (χ1n) is 10.3. The number of thiophene rings is 2. The van der Waals surface area contributed by atoms with E-state index >= 15 is 0 Å². The van der Waals surface area contributed by atoms with Gasteiger partial charge >= 0.3 is 0 Å². The number of nitrogens with zero attached hydrogens (tertiary/aromatic N) is 4. The van der Waals surface area contributed by atoms with Crippen molar-refractivity contribution in [1.82, 2.24) is 19.3 Å². The van der Waals surface area contributed by atoms with Crippen molar-refractivity contribution in [3.8, 4) is 11.3 Å². The van der Waals surface area contributed by atoms with Gasteiger partial charge in [0.25, 0.3) is 11.5 Å². The van der Waals surface area contributed by atoms with Gasteiger partial charge in [-0.05, 0) is 53.4 Å². The summed E-state index contributed by atoms with van der Waals surface area (Å²) in [5.74, 6) is 0.239. The first-order valence-corrected chi connectivity index (χ1v) is 12.4. The zero-order chi connectivity index (χ0) is 23.5. The minimum atomic E-state index is -0.263. The second-order valence-corrected chi connectivity index (χ2v) is 10.1. The molecule has 7 nitrogen and oxygen atoms in total. The van der Waals surface area contributed by atoms with Crippen LogP contribution in [0.15, 0.2) is 83.4 Å². The normalized spacial score (nSPS) is 11.0. The van der Waals surface area contributed by atoms with E-state index in [0.717, 1.165) is 10.4 Å². The second-order valence-electron chi connectivity index (χ2n) is 7.38. The molecule has 0 amide bonds. The molecule has 170 valence electrons. The first kappa shape index (κ1) is 22.3. The molecule has 0 atom stereocenters. The molecule has 0 bridgehead atoms. The van der Waals surface area contributed by atoms with Crippen LogP contribution < -0.4 is 10.9 Å². The number of pyridine rings is 2. The summed E-state index contributed by atoms with van der Waals surface area (Å²) in [5, 5.41) is 9.64. The molecule has 0 unspecified atom stereocenters. The van der Waals surface area contributed by atoms with E-state index in [0.29, 0.717) is 39.4 Å². The van der Waals surface area contributed by atoms with Crippen molar-refractivity contribution in [1.29, 1.82) is 0 Å². The fraction of sp³-hybridized carbons (Fsp3) is 0.0833. The van der Waals surface area contributed by atoms with Crippen molar-refractivity contribution < 1.29 is 4.79 Å². The number of rotatable bonds is 7. The van der Waals surface area contributed by atoms with E-state index in [1.807, 2.05) is 35.7 Å². The molecule has 0 aliphatic rings. The summed E-state index contributed by atoms with van der Waals surface area (Å²) in [4.78, 5) is 32.0. The molecule has 5 aromatic rings. The highest BCUT2D eigenvalue weighted by Crippen LogP contribution is 2.25. The van der Waals surface area contributed by atoms with E-state index in [1.54, 1.807) is 47.4 Å². The monoisotopic (exact) mass is 507 g/mol. The molecule has 34 heavy (non-hydrogen) atoms. The molecule has 5 heterocycles.